The smallest absolute Gasteiger partial charge is 0.215 e. The summed E-state index contributed by atoms with van der Waals surface area (Å²) >= 11 is 4.55. The van der Waals surface area contributed by atoms with Gasteiger partial charge in [-0.3, -0.25) is 10.2 Å². The van der Waals surface area contributed by atoms with Crippen molar-refractivity contribution in [2.75, 3.05) is 12.3 Å². The highest BCUT2D eigenvalue weighted by molar-refractivity contribution is 7.71. The number of H-pyrrole nitrogens is 2. The fourth-order valence-corrected chi connectivity index (χ4v) is 1.72. The first kappa shape index (κ1) is 17.7. The quantitative estimate of drug-likeness (QED) is 0.453. The number of nitrogens with two attached hydrogens (primary N) is 1. The molecule has 0 spiro atoms. The number of benzene rings is 1. The van der Waals surface area contributed by atoms with Gasteiger partial charge in [0.05, 0.1) is 6.61 Å². The molecule has 2 rings (SSSR count). The maximum Gasteiger partial charge on any atom is 0.215 e. The fraction of sp³-hybridized carbons (Fsp3) is 0.250. The third kappa shape index (κ3) is 6.41. The molecular formula is C16H22N4OS. The molecule has 1 aromatic heterocycles. The van der Waals surface area contributed by atoms with E-state index in [-0.39, 0.29) is 0 Å². The minimum Gasteiger partial charge on any atom is -0.495 e. The molecule has 0 saturated heterocycles. The van der Waals surface area contributed by atoms with Gasteiger partial charge in [0.25, 0.3) is 0 Å². The largest absolute Gasteiger partial charge is 0.495 e. The average Bonchev–Trinajstić information content (AvgIpc) is 2.85. The maximum atomic E-state index is 5.24. The SMILES string of the molecule is C=C(/C=C/c1ccc(C)c(C)c1)OCC.Nc1nc(=S)[nH][nH]1. The van der Waals surface area contributed by atoms with Gasteiger partial charge in [-0.15, -0.1) is 0 Å². The molecule has 0 radical (unpaired) electrons. The molecule has 0 amide bonds. The van der Waals surface area contributed by atoms with Gasteiger partial charge < -0.3 is 10.5 Å². The number of rotatable bonds is 4. The summed E-state index contributed by atoms with van der Waals surface area (Å²) in [5.41, 5.74) is 8.91. The fourth-order valence-electron chi connectivity index (χ4n) is 1.57. The second-order valence-electron chi connectivity index (χ2n) is 4.63. The van der Waals surface area contributed by atoms with E-state index in [1.54, 1.807) is 0 Å². The van der Waals surface area contributed by atoms with Gasteiger partial charge in [-0.05, 0) is 55.8 Å². The van der Waals surface area contributed by atoms with Crippen molar-refractivity contribution in [2.45, 2.75) is 20.8 Å². The van der Waals surface area contributed by atoms with Crippen LogP contribution in [0.5, 0.6) is 0 Å². The van der Waals surface area contributed by atoms with Crippen molar-refractivity contribution in [1.29, 1.82) is 0 Å². The van der Waals surface area contributed by atoms with Crippen molar-refractivity contribution < 1.29 is 4.74 Å². The number of nitrogens with one attached hydrogen (secondary N) is 2. The zero-order valence-electron chi connectivity index (χ0n) is 13.1. The molecular weight excluding hydrogens is 296 g/mol. The van der Waals surface area contributed by atoms with Crippen molar-refractivity contribution in [1.82, 2.24) is 15.2 Å². The standard InChI is InChI=1S/C14H18O.C2H4N4S/c1-5-15-13(4)7-9-14-8-6-11(2)12(3)10-14;3-1-4-2(7)6-5-1/h6-10H,4-5H2,1-3H3;(H4,3,4,5,6,7)/b9-7+;. The lowest BCUT2D eigenvalue weighted by atomic mass is 10.1. The normalized spacial score (nSPS) is 10.1. The Labute approximate surface area is 135 Å². The number of hydrogen-bond donors (Lipinski definition) is 3. The summed E-state index contributed by atoms with van der Waals surface area (Å²) in [5.74, 6) is 1.03. The van der Waals surface area contributed by atoms with Crippen LogP contribution in [-0.4, -0.2) is 21.8 Å². The van der Waals surface area contributed by atoms with Crippen LogP contribution in [0.2, 0.25) is 0 Å². The maximum absolute atomic E-state index is 5.24. The number of allylic oxidation sites excluding steroid dienone is 1. The van der Waals surface area contributed by atoms with Gasteiger partial charge in [0, 0.05) is 0 Å². The van der Waals surface area contributed by atoms with E-state index >= 15 is 0 Å². The summed E-state index contributed by atoms with van der Waals surface area (Å²) in [6, 6.07) is 6.38. The van der Waals surface area contributed by atoms with E-state index in [0.717, 1.165) is 0 Å². The lowest BCUT2D eigenvalue weighted by Gasteiger charge is -2.02. The van der Waals surface area contributed by atoms with Crippen molar-refractivity contribution in [3.8, 4) is 0 Å². The first-order chi connectivity index (χ1) is 10.4. The van der Waals surface area contributed by atoms with Crippen molar-refractivity contribution >= 4 is 24.2 Å². The van der Waals surface area contributed by atoms with Crippen LogP contribution in [0.4, 0.5) is 5.95 Å². The van der Waals surface area contributed by atoms with Crippen LogP contribution in [0.1, 0.15) is 23.6 Å². The Bertz CT molecular complexity index is 700. The highest BCUT2D eigenvalue weighted by Crippen LogP contribution is 2.12. The Morgan fingerprint density at radius 1 is 1.36 bits per heavy atom. The van der Waals surface area contributed by atoms with Gasteiger partial charge in [-0.2, -0.15) is 4.98 Å². The third-order valence-electron chi connectivity index (χ3n) is 2.84. The Kier molecular flexibility index (Phi) is 7.12. The molecule has 5 nitrogen and oxygen atoms in total. The highest BCUT2D eigenvalue weighted by atomic mass is 32.1. The first-order valence-corrected chi connectivity index (χ1v) is 7.30. The molecule has 0 saturated carbocycles. The van der Waals surface area contributed by atoms with Crippen LogP contribution >= 0.6 is 12.2 Å². The van der Waals surface area contributed by atoms with Gasteiger partial charge >= 0.3 is 0 Å². The number of anilines is 1. The van der Waals surface area contributed by atoms with E-state index in [2.05, 4.69) is 66.0 Å². The molecule has 0 bridgehead atoms. The number of aromatic nitrogens is 3. The molecule has 4 N–H and O–H groups in total. The molecule has 1 aromatic carbocycles. The van der Waals surface area contributed by atoms with E-state index in [0.29, 0.717) is 23.1 Å². The predicted octanol–water partition coefficient (Wildman–Crippen LogP) is 3.92. The molecule has 1 heterocycles. The Balaban J connectivity index is 0.000000287. The van der Waals surface area contributed by atoms with E-state index in [4.69, 9.17) is 10.5 Å². The molecule has 0 unspecified atom stereocenters. The number of hydrogen-bond acceptors (Lipinski definition) is 4. The van der Waals surface area contributed by atoms with Crippen LogP contribution in [0, 0.1) is 18.6 Å². The number of ether oxygens (including phenoxy) is 1. The van der Waals surface area contributed by atoms with Crippen molar-refractivity contribution in [3.05, 3.63) is 58.1 Å². The minimum atomic E-state index is 0.324. The van der Waals surface area contributed by atoms with E-state index in [1.807, 2.05) is 19.1 Å². The van der Waals surface area contributed by atoms with Gasteiger partial charge in [0.1, 0.15) is 5.76 Å². The van der Waals surface area contributed by atoms with E-state index in [9.17, 15) is 0 Å². The van der Waals surface area contributed by atoms with Crippen molar-refractivity contribution in [3.63, 3.8) is 0 Å². The van der Waals surface area contributed by atoms with Crippen molar-refractivity contribution in [2.24, 2.45) is 0 Å². The van der Waals surface area contributed by atoms with Crippen LogP contribution in [-0.2, 0) is 4.74 Å². The Morgan fingerprint density at radius 2 is 2.09 bits per heavy atom. The van der Waals surface area contributed by atoms with E-state index < -0.39 is 0 Å². The topological polar surface area (TPSA) is 79.7 Å². The van der Waals surface area contributed by atoms with Gasteiger partial charge in [0.15, 0.2) is 0 Å². The Hall–Kier alpha value is -2.34. The zero-order valence-corrected chi connectivity index (χ0v) is 14.0. The molecule has 0 fully saturated rings. The summed E-state index contributed by atoms with van der Waals surface area (Å²) in [6.07, 6.45) is 3.91. The lowest BCUT2D eigenvalue weighted by molar-refractivity contribution is 0.244. The molecule has 118 valence electrons. The van der Waals surface area contributed by atoms with Crippen LogP contribution in [0.25, 0.3) is 6.08 Å². The summed E-state index contributed by atoms with van der Waals surface area (Å²) < 4.78 is 5.62. The van der Waals surface area contributed by atoms with Gasteiger partial charge in [-0.1, -0.05) is 30.9 Å². The number of aromatic amines is 2. The average molecular weight is 318 g/mol. The number of nitrogen functional groups attached to an aromatic ring is 1. The summed E-state index contributed by atoms with van der Waals surface area (Å²) in [4.78, 5) is 3.59. The second-order valence-corrected chi connectivity index (χ2v) is 5.02. The van der Waals surface area contributed by atoms with Crippen LogP contribution in [0.3, 0.4) is 0 Å². The highest BCUT2D eigenvalue weighted by Gasteiger charge is 1.93. The first-order valence-electron chi connectivity index (χ1n) is 6.89. The molecule has 2 aromatic rings. The number of nitrogens with zero attached hydrogens (tertiary/aromatic N) is 1. The number of aryl methyl sites for hydroxylation is 2. The molecule has 0 atom stereocenters. The predicted molar refractivity (Wildman–Crippen MR) is 93.9 cm³/mol. The Morgan fingerprint density at radius 3 is 2.55 bits per heavy atom. The summed E-state index contributed by atoms with van der Waals surface area (Å²) in [6.45, 7) is 10.6. The van der Waals surface area contributed by atoms with Crippen LogP contribution in [0.15, 0.2) is 36.6 Å². The van der Waals surface area contributed by atoms with Gasteiger partial charge in [-0.25, -0.2) is 0 Å². The monoisotopic (exact) mass is 318 g/mol. The zero-order chi connectivity index (χ0) is 16.5. The molecule has 0 aliphatic rings. The van der Waals surface area contributed by atoms with Gasteiger partial charge in [0.2, 0.25) is 10.7 Å². The second kappa shape index (κ2) is 8.84. The van der Waals surface area contributed by atoms with Crippen LogP contribution < -0.4 is 5.73 Å². The lowest BCUT2D eigenvalue weighted by Crippen LogP contribution is -1.85. The summed E-state index contributed by atoms with van der Waals surface area (Å²) in [5, 5.41) is 5.03. The minimum absolute atomic E-state index is 0.324. The summed E-state index contributed by atoms with van der Waals surface area (Å²) in [7, 11) is 0. The molecule has 22 heavy (non-hydrogen) atoms. The third-order valence-corrected chi connectivity index (χ3v) is 3.04. The van der Waals surface area contributed by atoms with E-state index in [1.165, 1.54) is 16.7 Å². The molecule has 0 aliphatic carbocycles. The molecule has 6 heteroatoms. The molecule has 0 aliphatic heterocycles.